The summed E-state index contributed by atoms with van der Waals surface area (Å²) in [6, 6.07) is 0. The Morgan fingerprint density at radius 3 is 2.62 bits per heavy atom. The van der Waals surface area contributed by atoms with Gasteiger partial charge in [-0.1, -0.05) is 13.8 Å². The molecule has 4 saturated carbocycles. The number of ketones is 1. The van der Waals surface area contributed by atoms with Crippen LogP contribution in [0, 0.1) is 34.5 Å². The smallest absolute Gasteiger partial charge is 0.133 e. The second kappa shape index (κ2) is 4.57. The topological polar surface area (TPSA) is 37.3 Å². The van der Waals surface area contributed by atoms with Gasteiger partial charge in [-0.3, -0.25) is 4.79 Å². The van der Waals surface area contributed by atoms with E-state index in [9.17, 15) is 9.90 Å². The second-order valence-corrected chi connectivity index (χ2v) is 9.13. The Balaban J connectivity index is 1.62. The molecule has 2 nitrogen and oxygen atoms in total. The van der Waals surface area contributed by atoms with Gasteiger partial charge in [-0.05, 0) is 79.4 Å². The Bertz CT molecular complexity index is 458. The van der Waals surface area contributed by atoms with E-state index in [1.165, 1.54) is 32.1 Å². The molecule has 4 aliphatic rings. The first-order valence-corrected chi connectivity index (χ1v) is 9.13. The fourth-order valence-electron chi connectivity index (χ4n) is 6.86. The first kappa shape index (κ1) is 14.2. The molecule has 0 bridgehead atoms. The Labute approximate surface area is 128 Å². The molecule has 0 amide bonds. The van der Waals surface area contributed by atoms with Gasteiger partial charge in [0.1, 0.15) is 5.78 Å². The summed E-state index contributed by atoms with van der Waals surface area (Å²) in [5, 5.41) is 10.5. The minimum atomic E-state index is -0.0677. The average molecular weight is 290 g/mol. The fourth-order valence-corrected chi connectivity index (χ4v) is 6.86. The van der Waals surface area contributed by atoms with E-state index >= 15 is 0 Å². The molecule has 4 rings (SSSR count). The molecule has 3 unspecified atom stereocenters. The third-order valence-corrected chi connectivity index (χ3v) is 8.37. The van der Waals surface area contributed by atoms with Crippen molar-refractivity contribution in [1.29, 1.82) is 0 Å². The lowest BCUT2D eigenvalue weighted by Crippen LogP contribution is -2.53. The molecule has 0 aliphatic heterocycles. The van der Waals surface area contributed by atoms with Crippen LogP contribution in [0.25, 0.3) is 0 Å². The number of rotatable bonds is 0. The third kappa shape index (κ3) is 1.90. The molecule has 4 aliphatic carbocycles. The van der Waals surface area contributed by atoms with E-state index in [0.717, 1.165) is 43.4 Å². The number of hydrogen-bond donors (Lipinski definition) is 1. The number of Topliss-reactive ketones (excluding diaryl/α,β-unsaturated/α-hetero) is 1. The predicted octanol–water partition coefficient (Wildman–Crippen LogP) is 3.96. The van der Waals surface area contributed by atoms with Crippen LogP contribution in [-0.4, -0.2) is 17.0 Å². The van der Waals surface area contributed by atoms with E-state index in [1.807, 2.05) is 0 Å². The van der Waals surface area contributed by atoms with Crippen LogP contribution in [0.1, 0.15) is 71.6 Å². The number of carbonyl (C=O) groups is 1. The number of carbonyl (C=O) groups excluding carboxylic acids is 1. The quantitative estimate of drug-likeness (QED) is 0.733. The van der Waals surface area contributed by atoms with Crippen LogP contribution in [0.4, 0.5) is 0 Å². The Morgan fingerprint density at radius 2 is 1.81 bits per heavy atom. The van der Waals surface area contributed by atoms with Crippen LogP contribution < -0.4 is 0 Å². The van der Waals surface area contributed by atoms with E-state index in [2.05, 4.69) is 13.8 Å². The molecule has 0 radical (unpaired) electrons. The van der Waals surface area contributed by atoms with Crippen molar-refractivity contribution in [3.63, 3.8) is 0 Å². The largest absolute Gasteiger partial charge is 0.393 e. The average Bonchev–Trinajstić information content (AvgIpc) is 2.74. The van der Waals surface area contributed by atoms with Crippen LogP contribution in [0.5, 0.6) is 0 Å². The molecule has 0 aromatic heterocycles. The highest BCUT2D eigenvalue weighted by Crippen LogP contribution is 2.65. The van der Waals surface area contributed by atoms with Gasteiger partial charge in [0.05, 0.1) is 6.10 Å². The molecule has 2 heteroatoms. The van der Waals surface area contributed by atoms with Gasteiger partial charge >= 0.3 is 0 Å². The van der Waals surface area contributed by atoms with E-state index < -0.39 is 0 Å². The maximum Gasteiger partial charge on any atom is 0.133 e. The van der Waals surface area contributed by atoms with Crippen molar-refractivity contribution in [2.45, 2.75) is 77.7 Å². The normalized spacial score (nSPS) is 56.5. The Morgan fingerprint density at radius 1 is 1.05 bits per heavy atom. The zero-order valence-corrected chi connectivity index (χ0v) is 13.6. The minimum absolute atomic E-state index is 0.0677. The van der Waals surface area contributed by atoms with Crippen LogP contribution in [-0.2, 0) is 4.79 Å². The molecule has 0 spiro atoms. The molecule has 0 aromatic carbocycles. The summed E-state index contributed by atoms with van der Waals surface area (Å²) in [5.74, 6) is 3.49. The molecule has 1 N–H and O–H groups in total. The van der Waals surface area contributed by atoms with Crippen molar-refractivity contribution in [1.82, 2.24) is 0 Å². The number of fused-ring (bicyclic) bond motifs is 4. The van der Waals surface area contributed by atoms with E-state index in [-0.39, 0.29) is 11.5 Å². The Kier molecular flexibility index (Phi) is 3.10. The Hall–Kier alpha value is -0.370. The van der Waals surface area contributed by atoms with Gasteiger partial charge in [-0.2, -0.15) is 0 Å². The molecule has 0 aromatic rings. The summed E-state index contributed by atoms with van der Waals surface area (Å²) in [5.41, 5.74) is 0.598. The summed E-state index contributed by atoms with van der Waals surface area (Å²) in [7, 11) is 0. The van der Waals surface area contributed by atoms with Crippen molar-refractivity contribution in [2.24, 2.45) is 34.5 Å². The number of hydrogen-bond acceptors (Lipinski definition) is 2. The lowest BCUT2D eigenvalue weighted by molar-refractivity contribution is -0.139. The van der Waals surface area contributed by atoms with Gasteiger partial charge in [0.25, 0.3) is 0 Å². The lowest BCUT2D eigenvalue weighted by atomic mass is 9.46. The highest BCUT2D eigenvalue weighted by Gasteiger charge is 2.58. The molecular weight excluding hydrogens is 260 g/mol. The van der Waals surface area contributed by atoms with Crippen LogP contribution in [0.3, 0.4) is 0 Å². The van der Waals surface area contributed by atoms with Crippen molar-refractivity contribution in [3.05, 3.63) is 0 Å². The molecule has 0 saturated heterocycles. The molecule has 21 heavy (non-hydrogen) atoms. The number of aliphatic hydroxyl groups excluding tert-OH is 1. The summed E-state index contributed by atoms with van der Waals surface area (Å²) in [6.07, 6.45) is 10.1. The third-order valence-electron chi connectivity index (χ3n) is 8.37. The van der Waals surface area contributed by atoms with Gasteiger partial charge < -0.3 is 5.11 Å². The van der Waals surface area contributed by atoms with Crippen molar-refractivity contribution >= 4 is 5.78 Å². The van der Waals surface area contributed by atoms with Crippen LogP contribution in [0.2, 0.25) is 0 Å². The fraction of sp³-hybridized carbons (Fsp3) is 0.947. The first-order valence-electron chi connectivity index (χ1n) is 9.13. The van der Waals surface area contributed by atoms with Gasteiger partial charge in [0.2, 0.25) is 0 Å². The van der Waals surface area contributed by atoms with E-state index in [1.54, 1.807) is 0 Å². The zero-order valence-electron chi connectivity index (χ0n) is 13.6. The van der Waals surface area contributed by atoms with Crippen LogP contribution in [0.15, 0.2) is 0 Å². The highest BCUT2D eigenvalue weighted by atomic mass is 16.3. The predicted molar refractivity (Wildman–Crippen MR) is 82.7 cm³/mol. The number of aliphatic hydroxyl groups is 1. The molecule has 4 fully saturated rings. The van der Waals surface area contributed by atoms with Crippen molar-refractivity contribution in [2.75, 3.05) is 0 Å². The van der Waals surface area contributed by atoms with Crippen LogP contribution >= 0.6 is 0 Å². The van der Waals surface area contributed by atoms with Gasteiger partial charge in [0, 0.05) is 12.8 Å². The summed E-state index contributed by atoms with van der Waals surface area (Å²) in [6.45, 7) is 4.85. The van der Waals surface area contributed by atoms with Gasteiger partial charge in [-0.15, -0.1) is 0 Å². The molecule has 7 atom stereocenters. The summed E-state index contributed by atoms with van der Waals surface area (Å²) in [4.78, 5) is 11.9. The zero-order chi connectivity index (χ0) is 14.8. The van der Waals surface area contributed by atoms with Crippen molar-refractivity contribution < 1.29 is 9.90 Å². The maximum absolute atomic E-state index is 11.9. The van der Waals surface area contributed by atoms with E-state index in [4.69, 9.17) is 0 Å². The highest BCUT2D eigenvalue weighted by molar-refractivity contribution is 5.79. The molecule has 0 heterocycles. The summed E-state index contributed by atoms with van der Waals surface area (Å²) < 4.78 is 0. The van der Waals surface area contributed by atoms with Gasteiger partial charge in [-0.25, -0.2) is 0 Å². The standard InChI is InChI=1S/C19H30O2/c1-18-8-7-15(20)9-13(18)4-3-12-11-19(2)14(10-16(12)18)5-6-17(19)21/h12-14,16-17,21H,3-11H2,1-2H3/t12-,13?,14?,16?,17+,18-,19+/m1/s1. The lowest BCUT2D eigenvalue weighted by Gasteiger charge is -2.59. The van der Waals surface area contributed by atoms with E-state index in [0.29, 0.717) is 17.1 Å². The monoisotopic (exact) mass is 290 g/mol. The maximum atomic E-state index is 11.9. The molecule has 118 valence electrons. The molecular formula is C19H30O2. The second-order valence-electron chi connectivity index (χ2n) is 9.13. The minimum Gasteiger partial charge on any atom is -0.393 e. The van der Waals surface area contributed by atoms with Crippen molar-refractivity contribution in [3.8, 4) is 0 Å². The SMILES string of the molecule is C[C@@]12CCC(=O)CC1CC[C@@H]1C[C@@]3(C)C(CC[C@@H]3O)CC12. The first-order chi connectivity index (χ1) is 9.93. The summed E-state index contributed by atoms with van der Waals surface area (Å²) >= 11 is 0. The van der Waals surface area contributed by atoms with Gasteiger partial charge in [0.15, 0.2) is 0 Å².